The second-order valence-electron chi connectivity index (χ2n) is 12.1. The van der Waals surface area contributed by atoms with Crippen LogP contribution < -0.4 is 0 Å². The van der Waals surface area contributed by atoms with Crippen molar-refractivity contribution in [1.29, 1.82) is 0 Å². The summed E-state index contributed by atoms with van der Waals surface area (Å²) in [7, 11) is 0. The second kappa shape index (κ2) is 25.0. The molecule has 0 fully saturated rings. The first kappa shape index (κ1) is 35.1. The molecule has 0 atom stereocenters. The van der Waals surface area contributed by atoms with Crippen molar-refractivity contribution < 1.29 is 14.2 Å². The summed E-state index contributed by atoms with van der Waals surface area (Å²) in [6, 6.07) is 31.5. The Hall–Kier alpha value is -2.40. The van der Waals surface area contributed by atoms with Crippen LogP contribution in [0.2, 0.25) is 19.0 Å². The standard InChI is InChI=1S/C39H57BO3/c1(4-19-31-41-34-37-22-10-7-11-23-37)16-28-40(29-17-2-5-20-32-42-35-38-24-12-8-13-25-38)30-18-3-6-21-33-43-36-39-26-14-9-15-27-39/h7-15,22-27H,1-6,16-21,28-36H2. The Morgan fingerprint density at radius 1 is 0.326 bits per heavy atom. The smallest absolute Gasteiger partial charge is 0.139 e. The summed E-state index contributed by atoms with van der Waals surface area (Å²) in [5.74, 6) is 0. The zero-order valence-electron chi connectivity index (χ0n) is 26.8. The summed E-state index contributed by atoms with van der Waals surface area (Å²) in [5.41, 5.74) is 3.80. The monoisotopic (exact) mass is 584 g/mol. The lowest BCUT2D eigenvalue weighted by Crippen LogP contribution is -2.12. The third-order valence-corrected chi connectivity index (χ3v) is 8.29. The zero-order valence-corrected chi connectivity index (χ0v) is 26.8. The number of ether oxygens (including phenoxy) is 3. The third-order valence-electron chi connectivity index (χ3n) is 8.29. The highest BCUT2D eigenvalue weighted by molar-refractivity contribution is 6.58. The second-order valence-corrected chi connectivity index (χ2v) is 12.1. The van der Waals surface area contributed by atoms with E-state index in [1.165, 1.54) is 113 Å². The van der Waals surface area contributed by atoms with E-state index in [-0.39, 0.29) is 0 Å². The molecule has 0 amide bonds. The molecule has 0 aromatic heterocycles. The van der Waals surface area contributed by atoms with Crippen LogP contribution in [-0.4, -0.2) is 26.5 Å². The predicted molar refractivity (Wildman–Crippen MR) is 184 cm³/mol. The van der Waals surface area contributed by atoms with Crippen molar-refractivity contribution in [3.05, 3.63) is 108 Å². The van der Waals surface area contributed by atoms with Crippen molar-refractivity contribution in [2.75, 3.05) is 19.8 Å². The van der Waals surface area contributed by atoms with E-state index in [9.17, 15) is 0 Å². The maximum absolute atomic E-state index is 5.88. The largest absolute Gasteiger partial charge is 0.377 e. The summed E-state index contributed by atoms with van der Waals surface area (Å²) in [4.78, 5) is 0. The van der Waals surface area contributed by atoms with Crippen LogP contribution in [0.15, 0.2) is 91.0 Å². The van der Waals surface area contributed by atoms with Gasteiger partial charge in [0.25, 0.3) is 0 Å². The molecule has 0 aliphatic rings. The van der Waals surface area contributed by atoms with Gasteiger partial charge in [0.2, 0.25) is 0 Å². The van der Waals surface area contributed by atoms with E-state index in [1.807, 2.05) is 0 Å². The van der Waals surface area contributed by atoms with Crippen LogP contribution >= 0.6 is 0 Å². The minimum Gasteiger partial charge on any atom is -0.377 e. The minimum atomic E-state index is 0.737. The first-order chi connectivity index (χ1) is 21.4. The molecule has 0 unspecified atom stereocenters. The SMILES string of the molecule is c1ccc(COCCCCCCB(CCCCCCOCc2ccccc2)CCCCCCOCc2ccccc2)cc1. The van der Waals surface area contributed by atoms with Crippen LogP contribution in [0.4, 0.5) is 0 Å². The van der Waals surface area contributed by atoms with Crippen LogP contribution in [-0.2, 0) is 34.0 Å². The van der Waals surface area contributed by atoms with Gasteiger partial charge >= 0.3 is 0 Å². The predicted octanol–water partition coefficient (Wildman–Crippen LogP) is 10.8. The molecule has 0 radical (unpaired) electrons. The van der Waals surface area contributed by atoms with Gasteiger partial charge in [0.15, 0.2) is 0 Å². The van der Waals surface area contributed by atoms with Gasteiger partial charge in [0.05, 0.1) is 19.8 Å². The van der Waals surface area contributed by atoms with Crippen molar-refractivity contribution in [2.24, 2.45) is 0 Å². The molecule has 4 heteroatoms. The lowest BCUT2D eigenvalue weighted by molar-refractivity contribution is 0.117. The van der Waals surface area contributed by atoms with Gasteiger partial charge in [-0.3, -0.25) is 0 Å². The maximum Gasteiger partial charge on any atom is 0.139 e. The van der Waals surface area contributed by atoms with E-state index in [0.717, 1.165) is 46.4 Å². The zero-order chi connectivity index (χ0) is 29.9. The summed E-state index contributed by atoms with van der Waals surface area (Å²) < 4.78 is 17.6. The average Bonchev–Trinajstić information content (AvgIpc) is 3.05. The molecule has 0 aliphatic carbocycles. The fraction of sp³-hybridized carbons (Fsp3) is 0.538. The Bertz CT molecular complexity index is 867. The van der Waals surface area contributed by atoms with E-state index in [4.69, 9.17) is 14.2 Å². The Balaban J connectivity index is 1.20. The highest BCUT2D eigenvalue weighted by atomic mass is 16.5. The summed E-state index contributed by atoms with van der Waals surface area (Å²) in [5, 5.41) is 0. The molecule has 3 aromatic carbocycles. The van der Waals surface area contributed by atoms with E-state index in [0.29, 0.717) is 0 Å². The Labute approximate surface area is 263 Å². The molecule has 0 spiro atoms. The van der Waals surface area contributed by atoms with Gasteiger partial charge in [-0.2, -0.15) is 0 Å². The van der Waals surface area contributed by atoms with E-state index >= 15 is 0 Å². The Kier molecular flexibility index (Phi) is 20.4. The first-order valence-electron chi connectivity index (χ1n) is 17.2. The van der Waals surface area contributed by atoms with Crippen molar-refractivity contribution in [3.8, 4) is 0 Å². The Morgan fingerprint density at radius 2 is 0.605 bits per heavy atom. The molecule has 43 heavy (non-hydrogen) atoms. The number of hydrogen-bond donors (Lipinski definition) is 0. The third kappa shape index (κ3) is 18.8. The van der Waals surface area contributed by atoms with Crippen molar-refractivity contribution in [3.63, 3.8) is 0 Å². The summed E-state index contributed by atoms with van der Waals surface area (Å²) in [6.45, 7) is 5.73. The van der Waals surface area contributed by atoms with Gasteiger partial charge in [-0.25, -0.2) is 0 Å². The molecular formula is C39H57BO3. The molecule has 0 aliphatic heterocycles. The molecule has 0 N–H and O–H groups in total. The highest BCUT2D eigenvalue weighted by Crippen LogP contribution is 2.20. The number of unbranched alkanes of at least 4 members (excludes halogenated alkanes) is 9. The molecule has 0 heterocycles. The molecule has 0 saturated heterocycles. The molecule has 0 saturated carbocycles. The van der Waals surface area contributed by atoms with Gasteiger partial charge in [-0.05, 0) is 36.0 Å². The van der Waals surface area contributed by atoms with E-state index in [1.54, 1.807) is 0 Å². The van der Waals surface area contributed by atoms with Crippen LogP contribution in [0.1, 0.15) is 93.7 Å². The van der Waals surface area contributed by atoms with Crippen LogP contribution in [0.3, 0.4) is 0 Å². The van der Waals surface area contributed by atoms with Crippen LogP contribution in [0.25, 0.3) is 0 Å². The fourth-order valence-corrected chi connectivity index (χ4v) is 5.70. The van der Waals surface area contributed by atoms with Gasteiger partial charge < -0.3 is 14.2 Å². The molecule has 0 bridgehead atoms. The fourth-order valence-electron chi connectivity index (χ4n) is 5.70. The topological polar surface area (TPSA) is 27.7 Å². The van der Waals surface area contributed by atoms with Gasteiger partial charge in [-0.1, -0.05) is 168 Å². The normalized spacial score (nSPS) is 11.2. The molecule has 234 valence electrons. The average molecular weight is 585 g/mol. The van der Waals surface area contributed by atoms with Crippen molar-refractivity contribution in [2.45, 2.75) is 116 Å². The maximum atomic E-state index is 5.88. The lowest BCUT2D eigenvalue weighted by atomic mass is 9.41. The molecule has 3 aromatic rings. The minimum absolute atomic E-state index is 0.737. The lowest BCUT2D eigenvalue weighted by Gasteiger charge is -2.14. The van der Waals surface area contributed by atoms with Gasteiger partial charge in [0.1, 0.15) is 6.71 Å². The van der Waals surface area contributed by atoms with E-state index < -0.39 is 0 Å². The molecule has 3 nitrogen and oxygen atoms in total. The van der Waals surface area contributed by atoms with Crippen molar-refractivity contribution >= 4 is 6.71 Å². The summed E-state index contributed by atoms with van der Waals surface area (Å²) in [6.07, 6.45) is 19.7. The van der Waals surface area contributed by atoms with Gasteiger partial charge in [0, 0.05) is 19.8 Å². The van der Waals surface area contributed by atoms with Crippen LogP contribution in [0, 0.1) is 0 Å². The molecular weight excluding hydrogens is 527 g/mol. The van der Waals surface area contributed by atoms with Crippen LogP contribution in [0.5, 0.6) is 0 Å². The van der Waals surface area contributed by atoms with E-state index in [2.05, 4.69) is 91.0 Å². The number of rotatable bonds is 27. The summed E-state index contributed by atoms with van der Waals surface area (Å²) >= 11 is 0. The number of hydrogen-bond acceptors (Lipinski definition) is 3. The first-order valence-corrected chi connectivity index (χ1v) is 17.2. The Morgan fingerprint density at radius 3 is 0.907 bits per heavy atom. The number of benzene rings is 3. The quantitative estimate of drug-likeness (QED) is 0.0659. The van der Waals surface area contributed by atoms with Crippen molar-refractivity contribution in [1.82, 2.24) is 0 Å². The van der Waals surface area contributed by atoms with Gasteiger partial charge in [-0.15, -0.1) is 0 Å². The highest BCUT2D eigenvalue weighted by Gasteiger charge is 2.13. The molecule has 3 rings (SSSR count).